The van der Waals surface area contributed by atoms with E-state index in [4.69, 9.17) is 0 Å². The molecule has 1 nitrogen and oxygen atoms in total. The number of hydrogen-bond acceptors (Lipinski definition) is 2. The third-order valence-electron chi connectivity index (χ3n) is 2.40. The predicted octanol–water partition coefficient (Wildman–Crippen LogP) is 3.10. The van der Waals surface area contributed by atoms with Crippen LogP contribution in [0.25, 0.3) is 0 Å². The van der Waals surface area contributed by atoms with E-state index in [2.05, 4.69) is 21.2 Å². The average Bonchev–Trinajstić information content (AvgIpc) is 2.58. The molecule has 1 saturated heterocycles. The Balaban J connectivity index is 2.44. The van der Waals surface area contributed by atoms with Gasteiger partial charge < -0.3 is 0 Å². The van der Waals surface area contributed by atoms with Crippen molar-refractivity contribution in [3.8, 4) is 0 Å². The lowest BCUT2D eigenvalue weighted by atomic mass is 10.1. The molecule has 4 heteroatoms. The van der Waals surface area contributed by atoms with E-state index in [0.717, 1.165) is 22.3 Å². The largest absolute Gasteiger partial charge is 0.298 e. The van der Waals surface area contributed by atoms with Gasteiger partial charge in [0.2, 0.25) is 0 Å². The minimum atomic E-state index is -0.270. The van der Waals surface area contributed by atoms with Gasteiger partial charge in [0.05, 0.1) is 4.87 Å². The van der Waals surface area contributed by atoms with E-state index in [1.807, 2.05) is 13.0 Å². The summed E-state index contributed by atoms with van der Waals surface area (Å²) in [5, 5.41) is 3.32. The van der Waals surface area contributed by atoms with Crippen molar-refractivity contribution in [2.24, 2.45) is 0 Å². The van der Waals surface area contributed by atoms with E-state index < -0.39 is 0 Å². The number of nitrogens with one attached hydrogen (secondary N) is 1. The summed E-state index contributed by atoms with van der Waals surface area (Å²) in [6, 6.07) is 5.08. The first kappa shape index (κ1) is 10.5. The van der Waals surface area contributed by atoms with Crippen LogP contribution in [0.5, 0.6) is 0 Å². The summed E-state index contributed by atoms with van der Waals surface area (Å²) in [4.78, 5) is -0.270. The van der Waals surface area contributed by atoms with Crippen LogP contribution in [-0.4, -0.2) is 12.3 Å². The summed E-state index contributed by atoms with van der Waals surface area (Å²) < 4.78 is 14.5. The molecular formula is C10H11BrFNS. The second-order valence-corrected chi connectivity index (χ2v) is 5.86. The Hall–Kier alpha value is -0.0600. The molecule has 1 aromatic carbocycles. The molecule has 1 atom stereocenters. The fraction of sp³-hybridized carbons (Fsp3) is 0.400. The van der Waals surface area contributed by atoms with Crippen LogP contribution >= 0.6 is 27.7 Å². The molecule has 0 radical (unpaired) electrons. The van der Waals surface area contributed by atoms with Gasteiger partial charge in [0, 0.05) is 22.3 Å². The maximum Gasteiger partial charge on any atom is 0.129 e. The van der Waals surface area contributed by atoms with Crippen molar-refractivity contribution < 1.29 is 4.39 Å². The molecule has 1 fully saturated rings. The van der Waals surface area contributed by atoms with Crippen LogP contribution in [0.15, 0.2) is 22.7 Å². The first-order valence-electron chi connectivity index (χ1n) is 4.46. The monoisotopic (exact) mass is 275 g/mol. The molecule has 1 N–H and O–H groups in total. The average molecular weight is 276 g/mol. The zero-order valence-electron chi connectivity index (χ0n) is 7.81. The molecule has 0 bridgehead atoms. The van der Waals surface area contributed by atoms with Gasteiger partial charge in [-0.05, 0) is 25.1 Å². The lowest BCUT2D eigenvalue weighted by Crippen LogP contribution is -2.31. The quantitative estimate of drug-likeness (QED) is 0.846. The second kappa shape index (κ2) is 3.83. The maximum absolute atomic E-state index is 13.6. The Labute approximate surface area is 95.6 Å². The molecule has 0 saturated carbocycles. The lowest BCUT2D eigenvalue weighted by Gasteiger charge is -2.24. The number of benzene rings is 1. The van der Waals surface area contributed by atoms with Crippen molar-refractivity contribution in [1.82, 2.24) is 5.32 Å². The Kier molecular flexibility index (Phi) is 2.86. The summed E-state index contributed by atoms with van der Waals surface area (Å²) in [5.74, 6) is 0.889. The topological polar surface area (TPSA) is 12.0 Å². The van der Waals surface area contributed by atoms with E-state index in [1.54, 1.807) is 17.8 Å². The molecular weight excluding hydrogens is 265 g/mol. The van der Waals surface area contributed by atoms with Crippen LogP contribution in [0, 0.1) is 5.82 Å². The van der Waals surface area contributed by atoms with Gasteiger partial charge in [0.25, 0.3) is 0 Å². The first-order chi connectivity index (χ1) is 6.62. The van der Waals surface area contributed by atoms with Crippen LogP contribution in [0.3, 0.4) is 0 Å². The third-order valence-corrected chi connectivity index (χ3v) is 4.24. The van der Waals surface area contributed by atoms with Crippen LogP contribution in [0.2, 0.25) is 0 Å². The van der Waals surface area contributed by atoms with Crippen molar-refractivity contribution in [3.05, 3.63) is 34.1 Å². The zero-order valence-corrected chi connectivity index (χ0v) is 10.2. The Morgan fingerprint density at radius 2 is 2.36 bits per heavy atom. The molecule has 1 aromatic rings. The summed E-state index contributed by atoms with van der Waals surface area (Å²) in [6.45, 7) is 2.96. The van der Waals surface area contributed by atoms with Gasteiger partial charge in [0.1, 0.15) is 5.82 Å². The normalized spacial score (nSPS) is 26.8. The number of thioether (sulfide) groups is 1. The van der Waals surface area contributed by atoms with E-state index in [9.17, 15) is 4.39 Å². The maximum atomic E-state index is 13.6. The van der Waals surface area contributed by atoms with Gasteiger partial charge in [-0.3, -0.25) is 5.32 Å². The highest BCUT2D eigenvalue weighted by Gasteiger charge is 2.33. The standard InChI is InChI=1S/C10H11BrFNS/c1-10(13-4-5-14-10)8-6-7(11)2-3-9(8)12/h2-3,6,13H,4-5H2,1H3. The molecule has 1 aliphatic heterocycles. The van der Waals surface area contributed by atoms with Gasteiger partial charge in [0.15, 0.2) is 0 Å². The summed E-state index contributed by atoms with van der Waals surface area (Å²) in [7, 11) is 0. The van der Waals surface area contributed by atoms with Gasteiger partial charge >= 0.3 is 0 Å². The molecule has 1 aliphatic rings. The number of rotatable bonds is 1. The van der Waals surface area contributed by atoms with Crippen LogP contribution < -0.4 is 5.32 Å². The van der Waals surface area contributed by atoms with E-state index >= 15 is 0 Å². The Morgan fingerprint density at radius 1 is 1.57 bits per heavy atom. The van der Waals surface area contributed by atoms with E-state index in [-0.39, 0.29) is 10.7 Å². The van der Waals surface area contributed by atoms with Crippen LogP contribution in [0.4, 0.5) is 4.39 Å². The number of halogens is 2. The van der Waals surface area contributed by atoms with Crippen molar-refractivity contribution >= 4 is 27.7 Å². The molecule has 0 aromatic heterocycles. The van der Waals surface area contributed by atoms with Crippen molar-refractivity contribution in [2.75, 3.05) is 12.3 Å². The highest BCUT2D eigenvalue weighted by Crippen LogP contribution is 2.38. The highest BCUT2D eigenvalue weighted by molar-refractivity contribution is 9.10. The molecule has 2 rings (SSSR count). The van der Waals surface area contributed by atoms with Crippen LogP contribution in [-0.2, 0) is 4.87 Å². The van der Waals surface area contributed by atoms with Crippen molar-refractivity contribution in [1.29, 1.82) is 0 Å². The highest BCUT2D eigenvalue weighted by atomic mass is 79.9. The second-order valence-electron chi connectivity index (χ2n) is 3.43. The summed E-state index contributed by atoms with van der Waals surface area (Å²) in [5.41, 5.74) is 0.731. The molecule has 1 unspecified atom stereocenters. The molecule has 76 valence electrons. The van der Waals surface area contributed by atoms with E-state index in [0.29, 0.717) is 0 Å². The molecule has 0 amide bonds. The SMILES string of the molecule is CC1(c2cc(Br)ccc2F)NCCS1. The van der Waals surface area contributed by atoms with Crippen molar-refractivity contribution in [2.45, 2.75) is 11.8 Å². The van der Waals surface area contributed by atoms with E-state index in [1.165, 1.54) is 6.07 Å². The number of hydrogen-bond donors (Lipinski definition) is 1. The van der Waals surface area contributed by atoms with Gasteiger partial charge in [-0.2, -0.15) is 0 Å². The smallest absolute Gasteiger partial charge is 0.129 e. The van der Waals surface area contributed by atoms with Gasteiger partial charge in [-0.1, -0.05) is 15.9 Å². The molecule has 1 heterocycles. The van der Waals surface area contributed by atoms with Gasteiger partial charge in [-0.25, -0.2) is 4.39 Å². The summed E-state index contributed by atoms with van der Waals surface area (Å²) in [6.07, 6.45) is 0. The fourth-order valence-electron chi connectivity index (χ4n) is 1.63. The van der Waals surface area contributed by atoms with Crippen LogP contribution in [0.1, 0.15) is 12.5 Å². The third kappa shape index (κ3) is 1.83. The Bertz CT molecular complexity index is 350. The Morgan fingerprint density at radius 3 is 3.00 bits per heavy atom. The summed E-state index contributed by atoms with van der Waals surface area (Å²) >= 11 is 5.11. The zero-order chi connectivity index (χ0) is 10.2. The van der Waals surface area contributed by atoms with Gasteiger partial charge in [-0.15, -0.1) is 11.8 Å². The minimum Gasteiger partial charge on any atom is -0.298 e. The van der Waals surface area contributed by atoms with Crippen molar-refractivity contribution in [3.63, 3.8) is 0 Å². The predicted molar refractivity (Wildman–Crippen MR) is 61.9 cm³/mol. The molecule has 14 heavy (non-hydrogen) atoms. The first-order valence-corrected chi connectivity index (χ1v) is 6.24. The molecule has 0 spiro atoms. The lowest BCUT2D eigenvalue weighted by molar-refractivity contribution is 0.522. The minimum absolute atomic E-state index is 0.141. The fourth-order valence-corrected chi connectivity index (χ4v) is 3.12. The molecule has 0 aliphatic carbocycles.